The van der Waals surface area contributed by atoms with Gasteiger partial charge in [0.2, 0.25) is 0 Å². The van der Waals surface area contributed by atoms with Crippen LogP contribution >= 0.6 is 23.2 Å². The first kappa shape index (κ1) is 18.4. The zero-order chi connectivity index (χ0) is 10.9. The number of quaternary nitrogens is 1. The molecule has 0 saturated heterocycles. The molecular formula is C11H24BrCl2N. The van der Waals surface area contributed by atoms with E-state index in [1.807, 2.05) is 0 Å². The van der Waals surface area contributed by atoms with Gasteiger partial charge in [-0.1, -0.05) is 6.42 Å². The zero-order valence-electron chi connectivity index (χ0n) is 9.95. The molecule has 0 heterocycles. The Morgan fingerprint density at radius 3 is 1.73 bits per heavy atom. The van der Waals surface area contributed by atoms with Gasteiger partial charge < -0.3 is 21.5 Å². The van der Waals surface area contributed by atoms with Crippen LogP contribution in [-0.4, -0.2) is 43.4 Å². The molecule has 0 aromatic rings. The first-order chi connectivity index (χ1) is 6.62. The number of unbranched alkanes of at least 4 members (excludes halogenated alkanes) is 3. The van der Waals surface area contributed by atoms with Gasteiger partial charge in [0.15, 0.2) is 0 Å². The van der Waals surface area contributed by atoms with Crippen molar-refractivity contribution in [2.75, 3.05) is 38.9 Å². The highest BCUT2D eigenvalue weighted by molar-refractivity contribution is 6.18. The van der Waals surface area contributed by atoms with Gasteiger partial charge in [0.25, 0.3) is 0 Å². The van der Waals surface area contributed by atoms with Crippen LogP contribution in [0.3, 0.4) is 0 Å². The van der Waals surface area contributed by atoms with Crippen LogP contribution < -0.4 is 17.0 Å². The monoisotopic (exact) mass is 319 g/mol. The lowest BCUT2D eigenvalue weighted by atomic mass is 10.2. The molecule has 0 amide bonds. The third kappa shape index (κ3) is 13.0. The summed E-state index contributed by atoms with van der Waals surface area (Å²) in [5.41, 5.74) is 0. The van der Waals surface area contributed by atoms with Crippen LogP contribution in [0.15, 0.2) is 0 Å². The van der Waals surface area contributed by atoms with Crippen LogP contribution in [0.25, 0.3) is 0 Å². The average Bonchev–Trinajstić information content (AvgIpc) is 2.15. The average molecular weight is 321 g/mol. The number of hydrogen-bond acceptors (Lipinski definition) is 0. The summed E-state index contributed by atoms with van der Waals surface area (Å²) < 4.78 is 1.10. The van der Waals surface area contributed by atoms with Crippen molar-refractivity contribution in [1.82, 2.24) is 0 Å². The molecule has 0 atom stereocenters. The molecule has 94 valence electrons. The number of nitrogens with zero attached hydrogens (tertiary/aromatic N) is 1. The second kappa shape index (κ2) is 11.5. The standard InChI is InChI=1S/C11H24Cl2N.BrH/c1-14(2,11-7-9-13)10-6-4-3-5-8-12;/h3-11H2,1-2H3;1H/q+1;/p-1. The molecule has 1 nitrogen and oxygen atoms in total. The van der Waals surface area contributed by atoms with Gasteiger partial charge in [0.1, 0.15) is 0 Å². The molecule has 0 bridgehead atoms. The topological polar surface area (TPSA) is 0 Å². The number of rotatable bonds is 9. The minimum Gasteiger partial charge on any atom is -1.00 e. The Balaban J connectivity index is 0. The number of halogens is 3. The first-order valence-electron chi connectivity index (χ1n) is 5.56. The Kier molecular flexibility index (Phi) is 14.1. The van der Waals surface area contributed by atoms with Crippen molar-refractivity contribution in [2.45, 2.75) is 32.1 Å². The zero-order valence-corrected chi connectivity index (χ0v) is 13.0. The quantitative estimate of drug-likeness (QED) is 0.330. The fourth-order valence-electron chi connectivity index (χ4n) is 1.59. The second-order valence-corrected chi connectivity index (χ2v) is 5.28. The van der Waals surface area contributed by atoms with E-state index in [1.165, 1.54) is 32.4 Å². The maximum absolute atomic E-state index is 5.69. The maximum Gasteiger partial charge on any atom is 0.0794 e. The molecule has 0 spiro atoms. The summed E-state index contributed by atoms with van der Waals surface area (Å²) in [4.78, 5) is 0. The molecule has 0 aliphatic carbocycles. The normalized spacial score (nSPS) is 11.2. The Bertz CT molecular complexity index is 132. The summed E-state index contributed by atoms with van der Waals surface area (Å²) in [6.07, 6.45) is 6.19. The smallest absolute Gasteiger partial charge is 0.0794 e. The van der Waals surface area contributed by atoms with Gasteiger partial charge in [-0.3, -0.25) is 0 Å². The van der Waals surface area contributed by atoms with Gasteiger partial charge in [0.05, 0.1) is 27.2 Å². The van der Waals surface area contributed by atoms with Crippen molar-refractivity contribution < 1.29 is 21.5 Å². The van der Waals surface area contributed by atoms with E-state index in [-0.39, 0.29) is 17.0 Å². The number of hydrogen-bond donors (Lipinski definition) is 0. The van der Waals surface area contributed by atoms with Crippen molar-refractivity contribution in [3.05, 3.63) is 0 Å². The van der Waals surface area contributed by atoms with Gasteiger partial charge in [-0.2, -0.15) is 0 Å². The summed E-state index contributed by atoms with van der Waals surface area (Å²) in [5, 5.41) is 0. The fraction of sp³-hybridized carbons (Fsp3) is 1.00. The van der Waals surface area contributed by atoms with Crippen LogP contribution in [0.2, 0.25) is 0 Å². The predicted molar refractivity (Wildman–Crippen MR) is 66.4 cm³/mol. The molecule has 0 aliphatic heterocycles. The van der Waals surface area contributed by atoms with Crippen LogP contribution in [0.1, 0.15) is 32.1 Å². The van der Waals surface area contributed by atoms with E-state index < -0.39 is 0 Å². The molecule has 0 radical (unpaired) electrons. The Morgan fingerprint density at radius 2 is 1.20 bits per heavy atom. The lowest BCUT2D eigenvalue weighted by Gasteiger charge is -2.29. The lowest BCUT2D eigenvalue weighted by Crippen LogP contribution is -3.00. The molecule has 15 heavy (non-hydrogen) atoms. The largest absolute Gasteiger partial charge is 1.00 e. The molecule has 0 unspecified atom stereocenters. The molecule has 0 N–H and O–H groups in total. The van der Waals surface area contributed by atoms with Crippen LogP contribution in [0.4, 0.5) is 0 Å². The van der Waals surface area contributed by atoms with Crippen molar-refractivity contribution in [1.29, 1.82) is 0 Å². The molecule has 0 saturated carbocycles. The minimum atomic E-state index is 0. The summed E-state index contributed by atoms with van der Waals surface area (Å²) in [6, 6.07) is 0. The van der Waals surface area contributed by atoms with Crippen molar-refractivity contribution >= 4 is 23.2 Å². The molecule has 0 aromatic heterocycles. The third-order valence-electron chi connectivity index (χ3n) is 2.54. The summed E-state index contributed by atoms with van der Waals surface area (Å²) in [7, 11) is 4.57. The van der Waals surface area contributed by atoms with E-state index in [9.17, 15) is 0 Å². The fourth-order valence-corrected chi connectivity index (χ4v) is 1.90. The van der Waals surface area contributed by atoms with E-state index in [0.29, 0.717) is 0 Å². The van der Waals surface area contributed by atoms with Gasteiger partial charge in [0, 0.05) is 18.2 Å². The van der Waals surface area contributed by atoms with Gasteiger partial charge in [-0.05, 0) is 19.3 Å². The van der Waals surface area contributed by atoms with E-state index in [4.69, 9.17) is 23.2 Å². The molecular weight excluding hydrogens is 297 g/mol. The van der Waals surface area contributed by atoms with E-state index >= 15 is 0 Å². The Hall–Kier alpha value is 1.02. The molecule has 4 heteroatoms. The van der Waals surface area contributed by atoms with Gasteiger partial charge in [-0.15, -0.1) is 23.2 Å². The van der Waals surface area contributed by atoms with Crippen molar-refractivity contribution in [3.63, 3.8) is 0 Å². The summed E-state index contributed by atoms with van der Waals surface area (Å²) in [6.45, 7) is 2.46. The molecule has 0 aliphatic rings. The number of alkyl halides is 2. The second-order valence-electron chi connectivity index (χ2n) is 4.53. The Morgan fingerprint density at radius 1 is 0.733 bits per heavy atom. The third-order valence-corrected chi connectivity index (χ3v) is 3.08. The highest BCUT2D eigenvalue weighted by Crippen LogP contribution is 2.07. The summed E-state index contributed by atoms with van der Waals surface area (Å²) in [5.74, 6) is 1.60. The van der Waals surface area contributed by atoms with Gasteiger partial charge in [-0.25, -0.2) is 0 Å². The molecule has 0 aromatic carbocycles. The van der Waals surface area contributed by atoms with E-state index in [0.717, 1.165) is 29.1 Å². The van der Waals surface area contributed by atoms with Crippen LogP contribution in [-0.2, 0) is 0 Å². The van der Waals surface area contributed by atoms with E-state index in [1.54, 1.807) is 0 Å². The van der Waals surface area contributed by atoms with Crippen molar-refractivity contribution in [2.24, 2.45) is 0 Å². The predicted octanol–water partition coefficient (Wildman–Crippen LogP) is 0.495. The first-order valence-corrected chi connectivity index (χ1v) is 6.63. The highest BCUT2D eigenvalue weighted by Gasteiger charge is 2.12. The minimum absolute atomic E-state index is 0. The van der Waals surface area contributed by atoms with Gasteiger partial charge >= 0.3 is 0 Å². The maximum atomic E-state index is 5.69. The highest BCUT2D eigenvalue weighted by atomic mass is 79.9. The molecule has 0 rings (SSSR count). The van der Waals surface area contributed by atoms with E-state index in [2.05, 4.69) is 14.1 Å². The SMILES string of the molecule is C[N+](C)(CCCCl)CCCCCCCl.[Br-]. The molecule has 0 fully saturated rings. The summed E-state index contributed by atoms with van der Waals surface area (Å²) >= 11 is 11.3. The van der Waals surface area contributed by atoms with Crippen LogP contribution in [0.5, 0.6) is 0 Å². The lowest BCUT2D eigenvalue weighted by molar-refractivity contribution is -0.890. The Labute approximate surface area is 115 Å². The van der Waals surface area contributed by atoms with Crippen molar-refractivity contribution in [3.8, 4) is 0 Å². The van der Waals surface area contributed by atoms with Crippen LogP contribution in [0, 0.1) is 0 Å².